The number of nitrogens with two attached hydrogens (primary N) is 1. The highest BCUT2D eigenvalue weighted by atomic mass is 79.9. The van der Waals surface area contributed by atoms with Crippen molar-refractivity contribution >= 4 is 15.9 Å². The summed E-state index contributed by atoms with van der Waals surface area (Å²) in [5.74, 6) is 0.580. The van der Waals surface area contributed by atoms with Crippen LogP contribution >= 0.6 is 15.9 Å². The van der Waals surface area contributed by atoms with Gasteiger partial charge in [-0.2, -0.15) is 0 Å². The van der Waals surface area contributed by atoms with Crippen molar-refractivity contribution in [1.29, 1.82) is 0 Å². The molecule has 0 aromatic heterocycles. The molecule has 1 nitrogen and oxygen atoms in total. The van der Waals surface area contributed by atoms with Crippen molar-refractivity contribution in [2.45, 2.75) is 25.3 Å². The van der Waals surface area contributed by atoms with E-state index in [9.17, 15) is 0 Å². The maximum atomic E-state index is 6.43. The predicted octanol–water partition coefficient (Wildman–Crippen LogP) is 3.73. The van der Waals surface area contributed by atoms with E-state index in [1.807, 2.05) is 0 Å². The van der Waals surface area contributed by atoms with Crippen molar-refractivity contribution in [2.24, 2.45) is 11.7 Å². The minimum absolute atomic E-state index is 0.238. The van der Waals surface area contributed by atoms with E-state index >= 15 is 0 Å². The zero-order valence-corrected chi connectivity index (χ0v) is 12.4. The first-order chi connectivity index (χ1) is 9.22. The van der Waals surface area contributed by atoms with Gasteiger partial charge in [0.05, 0.1) is 0 Å². The van der Waals surface area contributed by atoms with Crippen LogP contribution in [0.5, 0.6) is 0 Å². The summed E-state index contributed by atoms with van der Waals surface area (Å²) in [6, 6.07) is 17.4. The Balaban J connectivity index is 1.68. The Morgan fingerprint density at radius 1 is 1.05 bits per heavy atom. The molecule has 2 aromatic rings. The van der Waals surface area contributed by atoms with Gasteiger partial charge in [0, 0.05) is 10.5 Å². The fourth-order valence-corrected chi connectivity index (χ4v) is 3.45. The number of hydrogen-bond acceptors (Lipinski definition) is 1. The monoisotopic (exact) mass is 315 g/mol. The maximum absolute atomic E-state index is 6.43. The first-order valence-electron chi connectivity index (χ1n) is 6.79. The highest BCUT2D eigenvalue weighted by Crippen LogP contribution is 2.29. The van der Waals surface area contributed by atoms with Gasteiger partial charge in [-0.05, 0) is 54.0 Å². The SMILES string of the molecule is NC(Cc1cccc(Br)c1)C1Cc2ccccc2C1. The molecule has 0 amide bonds. The highest BCUT2D eigenvalue weighted by Gasteiger charge is 2.26. The molecule has 0 bridgehead atoms. The van der Waals surface area contributed by atoms with E-state index in [0.29, 0.717) is 5.92 Å². The van der Waals surface area contributed by atoms with Gasteiger partial charge in [-0.25, -0.2) is 0 Å². The third-order valence-electron chi connectivity index (χ3n) is 4.05. The lowest BCUT2D eigenvalue weighted by Crippen LogP contribution is -2.32. The number of fused-ring (bicyclic) bond motifs is 1. The quantitative estimate of drug-likeness (QED) is 0.917. The summed E-state index contributed by atoms with van der Waals surface area (Å²) in [5, 5.41) is 0. The predicted molar refractivity (Wildman–Crippen MR) is 83.2 cm³/mol. The largest absolute Gasteiger partial charge is 0.327 e. The summed E-state index contributed by atoms with van der Waals surface area (Å²) >= 11 is 3.52. The highest BCUT2D eigenvalue weighted by molar-refractivity contribution is 9.10. The Kier molecular flexibility index (Phi) is 3.72. The number of benzene rings is 2. The fraction of sp³-hybridized carbons (Fsp3) is 0.294. The Morgan fingerprint density at radius 2 is 1.74 bits per heavy atom. The molecule has 2 heteroatoms. The van der Waals surface area contributed by atoms with Gasteiger partial charge in [-0.3, -0.25) is 0 Å². The van der Waals surface area contributed by atoms with Crippen LogP contribution in [0.25, 0.3) is 0 Å². The van der Waals surface area contributed by atoms with Gasteiger partial charge < -0.3 is 5.73 Å². The topological polar surface area (TPSA) is 26.0 Å². The summed E-state index contributed by atoms with van der Waals surface area (Å²) in [6.45, 7) is 0. The van der Waals surface area contributed by atoms with Crippen LogP contribution in [0.1, 0.15) is 16.7 Å². The van der Waals surface area contributed by atoms with E-state index in [2.05, 4.69) is 64.5 Å². The van der Waals surface area contributed by atoms with Crippen molar-refractivity contribution in [2.75, 3.05) is 0 Å². The molecule has 0 heterocycles. The van der Waals surface area contributed by atoms with Crippen LogP contribution in [0, 0.1) is 5.92 Å². The van der Waals surface area contributed by atoms with E-state index in [1.54, 1.807) is 0 Å². The normalized spacial score (nSPS) is 16.3. The van der Waals surface area contributed by atoms with Crippen molar-refractivity contribution in [3.63, 3.8) is 0 Å². The van der Waals surface area contributed by atoms with E-state index in [4.69, 9.17) is 5.73 Å². The molecule has 19 heavy (non-hydrogen) atoms. The Labute approximate surface area is 123 Å². The third kappa shape index (κ3) is 2.90. The number of rotatable bonds is 3. The van der Waals surface area contributed by atoms with Gasteiger partial charge >= 0.3 is 0 Å². The van der Waals surface area contributed by atoms with E-state index < -0.39 is 0 Å². The minimum Gasteiger partial charge on any atom is -0.327 e. The van der Waals surface area contributed by atoms with E-state index in [1.165, 1.54) is 16.7 Å². The van der Waals surface area contributed by atoms with E-state index in [-0.39, 0.29) is 6.04 Å². The zero-order valence-electron chi connectivity index (χ0n) is 10.9. The van der Waals surface area contributed by atoms with Gasteiger partial charge in [0.15, 0.2) is 0 Å². The molecule has 1 aliphatic carbocycles. The molecule has 1 aliphatic rings. The molecule has 3 rings (SSSR count). The van der Waals surface area contributed by atoms with Crippen LogP contribution in [0.3, 0.4) is 0 Å². The number of hydrogen-bond donors (Lipinski definition) is 1. The van der Waals surface area contributed by atoms with Crippen molar-refractivity contribution in [1.82, 2.24) is 0 Å². The summed E-state index contributed by atoms with van der Waals surface area (Å²) < 4.78 is 1.13. The second-order valence-corrected chi connectivity index (χ2v) is 6.35. The molecule has 1 unspecified atom stereocenters. The molecule has 0 radical (unpaired) electrons. The number of halogens is 1. The van der Waals surface area contributed by atoms with Gasteiger partial charge in [0.25, 0.3) is 0 Å². The van der Waals surface area contributed by atoms with Gasteiger partial charge in [0.1, 0.15) is 0 Å². The molecule has 0 saturated carbocycles. The van der Waals surface area contributed by atoms with Crippen molar-refractivity contribution in [3.8, 4) is 0 Å². The lowest BCUT2D eigenvalue weighted by Gasteiger charge is -2.19. The average Bonchev–Trinajstić information content (AvgIpc) is 2.82. The molecule has 0 saturated heterocycles. The van der Waals surface area contributed by atoms with Crippen LogP contribution in [0.4, 0.5) is 0 Å². The second-order valence-electron chi connectivity index (χ2n) is 5.43. The van der Waals surface area contributed by atoms with Crippen molar-refractivity contribution < 1.29 is 0 Å². The summed E-state index contributed by atoms with van der Waals surface area (Å²) in [4.78, 5) is 0. The fourth-order valence-electron chi connectivity index (χ4n) is 3.00. The standard InChI is InChI=1S/C17H18BrN/c18-16-7-3-4-12(8-16)9-17(19)15-10-13-5-1-2-6-14(13)11-15/h1-8,15,17H,9-11,19H2. The smallest absolute Gasteiger partial charge is 0.0178 e. The molecule has 2 aromatic carbocycles. The lowest BCUT2D eigenvalue weighted by molar-refractivity contribution is 0.437. The summed E-state index contributed by atoms with van der Waals surface area (Å²) in [6.07, 6.45) is 3.22. The van der Waals surface area contributed by atoms with E-state index in [0.717, 1.165) is 23.7 Å². The first-order valence-corrected chi connectivity index (χ1v) is 7.58. The minimum atomic E-state index is 0.238. The zero-order chi connectivity index (χ0) is 13.2. The lowest BCUT2D eigenvalue weighted by atomic mass is 9.92. The molecule has 0 spiro atoms. The Bertz CT molecular complexity index is 554. The van der Waals surface area contributed by atoms with Gasteiger partial charge in [-0.1, -0.05) is 52.3 Å². The second kappa shape index (κ2) is 5.48. The van der Waals surface area contributed by atoms with Gasteiger partial charge in [0.2, 0.25) is 0 Å². The molecule has 0 aliphatic heterocycles. The third-order valence-corrected chi connectivity index (χ3v) is 4.54. The molecule has 2 N–H and O–H groups in total. The first kappa shape index (κ1) is 12.9. The van der Waals surface area contributed by atoms with Gasteiger partial charge in [-0.15, -0.1) is 0 Å². The summed E-state index contributed by atoms with van der Waals surface area (Å²) in [5.41, 5.74) is 10.7. The maximum Gasteiger partial charge on any atom is 0.0178 e. The van der Waals surface area contributed by atoms with Crippen LogP contribution in [0.2, 0.25) is 0 Å². The van der Waals surface area contributed by atoms with Crippen molar-refractivity contribution in [3.05, 3.63) is 69.7 Å². The Hall–Kier alpha value is -1.12. The molecule has 0 fully saturated rings. The average molecular weight is 316 g/mol. The Morgan fingerprint density at radius 3 is 2.37 bits per heavy atom. The molecular weight excluding hydrogens is 298 g/mol. The van der Waals surface area contributed by atoms with Crippen LogP contribution in [0.15, 0.2) is 53.0 Å². The molecular formula is C17H18BrN. The summed E-state index contributed by atoms with van der Waals surface area (Å²) in [7, 11) is 0. The van der Waals surface area contributed by atoms with Crippen LogP contribution in [-0.2, 0) is 19.3 Å². The molecule has 98 valence electrons. The molecule has 1 atom stereocenters. The van der Waals surface area contributed by atoms with Crippen LogP contribution in [-0.4, -0.2) is 6.04 Å². The van der Waals surface area contributed by atoms with Crippen LogP contribution < -0.4 is 5.73 Å².